The van der Waals surface area contributed by atoms with Gasteiger partial charge in [0.15, 0.2) is 5.96 Å². The summed E-state index contributed by atoms with van der Waals surface area (Å²) in [6, 6.07) is 4.82. The summed E-state index contributed by atoms with van der Waals surface area (Å²) in [7, 11) is 0. The number of nitrogens with two attached hydrogens (primary N) is 1. The Morgan fingerprint density at radius 2 is 2.25 bits per heavy atom. The summed E-state index contributed by atoms with van der Waals surface area (Å²) >= 11 is 0. The van der Waals surface area contributed by atoms with Crippen LogP contribution in [0.5, 0.6) is 5.75 Å². The molecule has 0 unspecified atom stereocenters. The van der Waals surface area contributed by atoms with Gasteiger partial charge in [-0.1, -0.05) is 0 Å². The molecule has 0 aliphatic carbocycles. The highest BCUT2D eigenvalue weighted by Crippen LogP contribution is 2.19. The maximum atomic E-state index is 9.06. The van der Waals surface area contributed by atoms with Gasteiger partial charge in [-0.2, -0.15) is 0 Å². The molecule has 4 heteroatoms. The standard InChI is InChI=1S/C8H11N3O/c1-5-4-6(12)2-3-7(5)11-8(9)10/h2-4,12H,1H3,(H4,9,10,11). The van der Waals surface area contributed by atoms with Gasteiger partial charge in [0.25, 0.3) is 0 Å². The Bertz CT molecular complexity index is 309. The molecule has 0 spiro atoms. The Labute approximate surface area is 70.5 Å². The number of anilines is 1. The van der Waals surface area contributed by atoms with E-state index in [4.69, 9.17) is 16.2 Å². The fourth-order valence-electron chi connectivity index (χ4n) is 0.933. The van der Waals surface area contributed by atoms with Crippen molar-refractivity contribution in [2.75, 3.05) is 5.32 Å². The molecule has 0 bridgehead atoms. The topological polar surface area (TPSA) is 82.1 Å². The van der Waals surface area contributed by atoms with Gasteiger partial charge in [-0.25, -0.2) is 0 Å². The van der Waals surface area contributed by atoms with Crippen LogP contribution in [0.3, 0.4) is 0 Å². The summed E-state index contributed by atoms with van der Waals surface area (Å²) < 4.78 is 0. The number of phenolic OH excluding ortho intramolecular Hbond substituents is 1. The summed E-state index contributed by atoms with van der Waals surface area (Å²) in [6.45, 7) is 1.82. The molecule has 0 heterocycles. The van der Waals surface area contributed by atoms with Gasteiger partial charge in [-0.05, 0) is 30.7 Å². The van der Waals surface area contributed by atoms with Crippen LogP contribution < -0.4 is 11.1 Å². The van der Waals surface area contributed by atoms with Crippen LogP contribution in [-0.4, -0.2) is 11.1 Å². The number of hydrogen-bond acceptors (Lipinski definition) is 2. The molecule has 1 rings (SSSR count). The smallest absolute Gasteiger partial charge is 0.190 e. The number of rotatable bonds is 1. The first-order chi connectivity index (χ1) is 5.59. The van der Waals surface area contributed by atoms with Gasteiger partial charge >= 0.3 is 0 Å². The molecule has 4 nitrogen and oxygen atoms in total. The maximum absolute atomic E-state index is 9.06. The molecule has 1 aromatic rings. The first-order valence-corrected chi connectivity index (χ1v) is 3.50. The van der Waals surface area contributed by atoms with Crippen molar-refractivity contribution in [2.45, 2.75) is 6.92 Å². The van der Waals surface area contributed by atoms with Crippen LogP contribution in [0.15, 0.2) is 18.2 Å². The van der Waals surface area contributed by atoms with Crippen molar-refractivity contribution in [3.63, 3.8) is 0 Å². The van der Waals surface area contributed by atoms with Crippen molar-refractivity contribution in [1.29, 1.82) is 5.41 Å². The van der Waals surface area contributed by atoms with E-state index in [-0.39, 0.29) is 11.7 Å². The van der Waals surface area contributed by atoms with Crippen LogP contribution in [0, 0.1) is 12.3 Å². The van der Waals surface area contributed by atoms with Crippen LogP contribution in [-0.2, 0) is 0 Å². The van der Waals surface area contributed by atoms with E-state index in [1.54, 1.807) is 12.1 Å². The van der Waals surface area contributed by atoms with E-state index < -0.39 is 0 Å². The summed E-state index contributed by atoms with van der Waals surface area (Å²) in [5.74, 6) is 0.102. The van der Waals surface area contributed by atoms with Gasteiger partial charge < -0.3 is 16.2 Å². The zero-order valence-corrected chi connectivity index (χ0v) is 6.76. The lowest BCUT2D eigenvalue weighted by Gasteiger charge is -2.06. The highest BCUT2D eigenvalue weighted by Gasteiger charge is 1.98. The van der Waals surface area contributed by atoms with E-state index in [2.05, 4.69) is 5.32 Å². The Morgan fingerprint density at radius 3 is 2.75 bits per heavy atom. The molecule has 0 amide bonds. The van der Waals surface area contributed by atoms with Crippen molar-refractivity contribution < 1.29 is 5.11 Å². The van der Waals surface area contributed by atoms with E-state index in [0.717, 1.165) is 11.3 Å². The Kier molecular flexibility index (Phi) is 2.19. The fourth-order valence-corrected chi connectivity index (χ4v) is 0.933. The highest BCUT2D eigenvalue weighted by atomic mass is 16.3. The average molecular weight is 165 g/mol. The Morgan fingerprint density at radius 1 is 1.58 bits per heavy atom. The van der Waals surface area contributed by atoms with Gasteiger partial charge in [-0.3, -0.25) is 5.41 Å². The van der Waals surface area contributed by atoms with Crippen LogP contribution in [0.4, 0.5) is 5.69 Å². The predicted octanol–water partition coefficient (Wildman–Crippen LogP) is 1.01. The minimum atomic E-state index is -0.108. The van der Waals surface area contributed by atoms with Crippen LogP contribution in [0.1, 0.15) is 5.56 Å². The number of aryl methyl sites for hydroxylation is 1. The second-order valence-corrected chi connectivity index (χ2v) is 2.54. The quantitative estimate of drug-likeness (QED) is 0.285. The van der Waals surface area contributed by atoms with Crippen LogP contribution in [0.2, 0.25) is 0 Å². The van der Waals surface area contributed by atoms with Crippen molar-refractivity contribution >= 4 is 11.6 Å². The SMILES string of the molecule is Cc1cc(O)ccc1NC(=N)N. The molecule has 0 saturated carbocycles. The Hall–Kier alpha value is -1.71. The fraction of sp³-hybridized carbons (Fsp3) is 0.125. The minimum Gasteiger partial charge on any atom is -0.508 e. The molecule has 0 aliphatic rings. The summed E-state index contributed by atoms with van der Waals surface area (Å²) in [5, 5.41) is 18.7. The lowest BCUT2D eigenvalue weighted by molar-refractivity contribution is 0.475. The number of nitrogens with one attached hydrogen (secondary N) is 2. The van der Waals surface area contributed by atoms with Crippen molar-refractivity contribution in [3.8, 4) is 5.75 Å². The number of phenols is 1. The third-order valence-electron chi connectivity index (χ3n) is 1.48. The Balaban J connectivity index is 2.93. The number of hydrogen-bond donors (Lipinski definition) is 4. The third-order valence-corrected chi connectivity index (χ3v) is 1.48. The largest absolute Gasteiger partial charge is 0.508 e. The first-order valence-electron chi connectivity index (χ1n) is 3.50. The molecule has 0 radical (unpaired) electrons. The summed E-state index contributed by atoms with van der Waals surface area (Å²) in [5.41, 5.74) is 6.73. The normalized spacial score (nSPS) is 9.42. The molecular weight excluding hydrogens is 154 g/mol. The van der Waals surface area contributed by atoms with Crippen LogP contribution in [0.25, 0.3) is 0 Å². The summed E-state index contributed by atoms with van der Waals surface area (Å²) in [6.07, 6.45) is 0. The van der Waals surface area contributed by atoms with Gasteiger partial charge in [0.2, 0.25) is 0 Å². The molecule has 0 aromatic heterocycles. The lowest BCUT2D eigenvalue weighted by Crippen LogP contribution is -2.20. The molecule has 0 aliphatic heterocycles. The third kappa shape index (κ3) is 1.88. The van der Waals surface area contributed by atoms with Gasteiger partial charge in [0.05, 0.1) is 0 Å². The maximum Gasteiger partial charge on any atom is 0.190 e. The summed E-state index contributed by atoms with van der Waals surface area (Å²) in [4.78, 5) is 0. The van der Waals surface area contributed by atoms with E-state index in [1.165, 1.54) is 6.07 Å². The molecule has 64 valence electrons. The van der Waals surface area contributed by atoms with Crippen LogP contribution >= 0.6 is 0 Å². The monoisotopic (exact) mass is 165 g/mol. The van der Waals surface area contributed by atoms with E-state index in [9.17, 15) is 0 Å². The zero-order valence-electron chi connectivity index (χ0n) is 6.76. The molecule has 5 N–H and O–H groups in total. The average Bonchev–Trinajstić information content (AvgIpc) is 1.94. The zero-order chi connectivity index (χ0) is 9.14. The molecule has 12 heavy (non-hydrogen) atoms. The van der Waals surface area contributed by atoms with E-state index in [1.807, 2.05) is 6.92 Å². The van der Waals surface area contributed by atoms with E-state index in [0.29, 0.717) is 0 Å². The lowest BCUT2D eigenvalue weighted by atomic mass is 10.2. The first kappa shape index (κ1) is 8.39. The van der Waals surface area contributed by atoms with Gasteiger partial charge in [0.1, 0.15) is 5.75 Å². The highest BCUT2D eigenvalue weighted by molar-refractivity contribution is 5.90. The molecule has 1 aromatic carbocycles. The van der Waals surface area contributed by atoms with Gasteiger partial charge in [0, 0.05) is 5.69 Å². The predicted molar refractivity (Wildman–Crippen MR) is 48.4 cm³/mol. The minimum absolute atomic E-state index is 0.108. The second-order valence-electron chi connectivity index (χ2n) is 2.54. The molecule has 0 saturated heterocycles. The molecule has 0 atom stereocenters. The number of benzene rings is 1. The molecule has 0 fully saturated rings. The number of guanidine groups is 1. The van der Waals surface area contributed by atoms with Crippen molar-refractivity contribution in [1.82, 2.24) is 0 Å². The second kappa shape index (κ2) is 3.13. The van der Waals surface area contributed by atoms with Crippen molar-refractivity contribution in [2.24, 2.45) is 5.73 Å². The molecular formula is C8H11N3O. The van der Waals surface area contributed by atoms with Crippen molar-refractivity contribution in [3.05, 3.63) is 23.8 Å². The number of aromatic hydroxyl groups is 1. The van der Waals surface area contributed by atoms with Gasteiger partial charge in [-0.15, -0.1) is 0 Å². The van der Waals surface area contributed by atoms with E-state index >= 15 is 0 Å².